The van der Waals surface area contributed by atoms with Gasteiger partial charge in [-0.05, 0) is 60.1 Å². The molecule has 0 aliphatic carbocycles. The third-order valence-corrected chi connectivity index (χ3v) is 3.26. The second-order valence-electron chi connectivity index (χ2n) is 4.20. The van der Waals surface area contributed by atoms with Crippen LogP contribution in [-0.2, 0) is 0 Å². The van der Waals surface area contributed by atoms with E-state index >= 15 is 0 Å². The number of hydrogen-bond acceptors (Lipinski definition) is 3. The molecule has 1 heterocycles. The molecule has 3 rings (SSSR count). The van der Waals surface area contributed by atoms with Crippen LogP contribution >= 0.6 is 23.2 Å². The summed E-state index contributed by atoms with van der Waals surface area (Å²) in [5.74, 6) is 0.758. The SMILES string of the molecule is Oc1ccc(-c2nc(Cl)oc2-c2ccc(Cl)cc2)cc1. The molecule has 2 aromatic carbocycles. The van der Waals surface area contributed by atoms with Crippen LogP contribution in [-0.4, -0.2) is 10.1 Å². The Hall–Kier alpha value is -1.97. The molecule has 0 unspecified atom stereocenters. The van der Waals surface area contributed by atoms with Crippen molar-refractivity contribution in [3.8, 4) is 28.3 Å². The Kier molecular flexibility index (Phi) is 3.38. The van der Waals surface area contributed by atoms with Gasteiger partial charge in [-0.2, -0.15) is 4.98 Å². The molecule has 0 atom stereocenters. The van der Waals surface area contributed by atoms with Crippen LogP contribution in [0.15, 0.2) is 52.9 Å². The normalized spacial score (nSPS) is 10.7. The number of aromatic nitrogens is 1. The van der Waals surface area contributed by atoms with Crippen LogP contribution in [0.25, 0.3) is 22.6 Å². The van der Waals surface area contributed by atoms with Crippen molar-refractivity contribution in [2.75, 3.05) is 0 Å². The van der Waals surface area contributed by atoms with Gasteiger partial charge < -0.3 is 9.52 Å². The Morgan fingerprint density at radius 1 is 0.850 bits per heavy atom. The van der Waals surface area contributed by atoms with E-state index in [1.807, 2.05) is 12.1 Å². The van der Waals surface area contributed by atoms with Crippen LogP contribution in [0.3, 0.4) is 0 Å². The molecule has 5 heteroatoms. The minimum Gasteiger partial charge on any atom is -0.508 e. The molecule has 1 N–H and O–H groups in total. The summed E-state index contributed by atoms with van der Waals surface area (Å²) < 4.78 is 5.47. The first kappa shape index (κ1) is 13.0. The van der Waals surface area contributed by atoms with Gasteiger partial charge in [-0.3, -0.25) is 0 Å². The predicted octanol–water partition coefficient (Wildman–Crippen LogP) is 5.02. The Balaban J connectivity index is 2.12. The van der Waals surface area contributed by atoms with E-state index in [4.69, 9.17) is 27.6 Å². The van der Waals surface area contributed by atoms with Crippen LogP contribution in [0, 0.1) is 0 Å². The van der Waals surface area contributed by atoms with E-state index in [0.29, 0.717) is 16.5 Å². The number of benzene rings is 2. The maximum atomic E-state index is 9.34. The van der Waals surface area contributed by atoms with Gasteiger partial charge in [-0.15, -0.1) is 0 Å². The molecule has 0 saturated heterocycles. The zero-order chi connectivity index (χ0) is 14.1. The molecular weight excluding hydrogens is 297 g/mol. The molecule has 0 aliphatic heterocycles. The number of rotatable bonds is 2. The van der Waals surface area contributed by atoms with Gasteiger partial charge in [0.05, 0.1) is 0 Å². The van der Waals surface area contributed by atoms with Crippen molar-refractivity contribution in [1.29, 1.82) is 0 Å². The molecule has 1 aromatic heterocycles. The average Bonchev–Trinajstić information content (AvgIpc) is 2.82. The maximum absolute atomic E-state index is 9.34. The molecule has 0 amide bonds. The minimum atomic E-state index is 0.0676. The Labute approximate surface area is 125 Å². The Bertz CT molecular complexity index is 671. The smallest absolute Gasteiger partial charge is 0.293 e. The van der Waals surface area contributed by atoms with Gasteiger partial charge in [-0.1, -0.05) is 11.6 Å². The van der Waals surface area contributed by atoms with Crippen molar-refractivity contribution >= 4 is 23.2 Å². The van der Waals surface area contributed by atoms with Crippen LogP contribution in [0.4, 0.5) is 0 Å². The molecule has 100 valence electrons. The highest BCUT2D eigenvalue weighted by molar-refractivity contribution is 6.30. The summed E-state index contributed by atoms with van der Waals surface area (Å²) in [6.07, 6.45) is 0. The first-order chi connectivity index (χ1) is 9.63. The summed E-state index contributed by atoms with van der Waals surface area (Å²) in [5, 5.41) is 10.1. The summed E-state index contributed by atoms with van der Waals surface area (Å²) in [5.41, 5.74) is 2.26. The van der Waals surface area contributed by atoms with Crippen molar-refractivity contribution in [3.05, 3.63) is 58.9 Å². The fourth-order valence-electron chi connectivity index (χ4n) is 1.91. The van der Waals surface area contributed by atoms with Gasteiger partial charge in [-0.25, -0.2) is 0 Å². The van der Waals surface area contributed by atoms with E-state index in [-0.39, 0.29) is 11.1 Å². The molecule has 0 fully saturated rings. The molecule has 20 heavy (non-hydrogen) atoms. The van der Waals surface area contributed by atoms with Crippen LogP contribution in [0.5, 0.6) is 5.75 Å². The highest BCUT2D eigenvalue weighted by Crippen LogP contribution is 2.35. The van der Waals surface area contributed by atoms with Crippen LogP contribution in [0.1, 0.15) is 0 Å². The van der Waals surface area contributed by atoms with Crippen molar-refractivity contribution in [3.63, 3.8) is 0 Å². The molecule has 0 spiro atoms. The third kappa shape index (κ3) is 2.50. The largest absolute Gasteiger partial charge is 0.508 e. The Morgan fingerprint density at radius 2 is 1.45 bits per heavy atom. The first-order valence-corrected chi connectivity index (χ1v) is 6.61. The number of oxazole rings is 1. The number of hydrogen-bond donors (Lipinski definition) is 1. The summed E-state index contributed by atoms with van der Waals surface area (Å²) in [6.45, 7) is 0. The fraction of sp³-hybridized carbons (Fsp3) is 0. The van der Waals surface area contributed by atoms with Gasteiger partial charge in [0.15, 0.2) is 5.76 Å². The van der Waals surface area contributed by atoms with Gasteiger partial charge in [0.2, 0.25) is 0 Å². The number of phenols is 1. The van der Waals surface area contributed by atoms with E-state index < -0.39 is 0 Å². The summed E-state index contributed by atoms with van der Waals surface area (Å²) in [7, 11) is 0. The molecule has 3 nitrogen and oxygen atoms in total. The van der Waals surface area contributed by atoms with E-state index in [1.165, 1.54) is 0 Å². The second-order valence-corrected chi connectivity index (χ2v) is 4.96. The third-order valence-electron chi connectivity index (χ3n) is 2.85. The van der Waals surface area contributed by atoms with E-state index in [0.717, 1.165) is 11.1 Å². The maximum Gasteiger partial charge on any atom is 0.293 e. The first-order valence-electron chi connectivity index (χ1n) is 5.85. The standard InChI is InChI=1S/C15H9Cl2NO2/c16-11-5-1-10(2-6-11)14-13(18-15(17)20-14)9-3-7-12(19)8-4-9/h1-8,19H. The summed E-state index contributed by atoms with van der Waals surface area (Å²) in [6, 6.07) is 13.9. The lowest BCUT2D eigenvalue weighted by molar-refractivity contribution is 0.475. The highest BCUT2D eigenvalue weighted by Gasteiger charge is 2.16. The van der Waals surface area contributed by atoms with Gasteiger partial charge >= 0.3 is 0 Å². The average molecular weight is 306 g/mol. The molecule has 0 aliphatic rings. The number of nitrogens with zero attached hydrogens (tertiary/aromatic N) is 1. The number of phenolic OH excluding ortho intramolecular Hbond substituents is 1. The number of aromatic hydroxyl groups is 1. The lowest BCUT2D eigenvalue weighted by atomic mass is 10.1. The van der Waals surface area contributed by atoms with Crippen molar-refractivity contribution in [2.45, 2.75) is 0 Å². The van der Waals surface area contributed by atoms with Crippen LogP contribution < -0.4 is 0 Å². The van der Waals surface area contributed by atoms with E-state index in [9.17, 15) is 5.11 Å². The highest BCUT2D eigenvalue weighted by atomic mass is 35.5. The zero-order valence-electron chi connectivity index (χ0n) is 10.2. The van der Waals surface area contributed by atoms with E-state index in [1.54, 1.807) is 36.4 Å². The summed E-state index contributed by atoms with van der Waals surface area (Å²) >= 11 is 11.8. The molecule has 0 radical (unpaired) electrons. The predicted molar refractivity (Wildman–Crippen MR) is 79.1 cm³/mol. The van der Waals surface area contributed by atoms with Crippen molar-refractivity contribution in [1.82, 2.24) is 4.98 Å². The van der Waals surface area contributed by atoms with E-state index in [2.05, 4.69) is 4.98 Å². The number of halogens is 2. The fourth-order valence-corrected chi connectivity index (χ4v) is 2.19. The topological polar surface area (TPSA) is 46.3 Å². The second kappa shape index (κ2) is 5.19. The zero-order valence-corrected chi connectivity index (χ0v) is 11.7. The lowest BCUT2D eigenvalue weighted by Gasteiger charge is -2.02. The van der Waals surface area contributed by atoms with Gasteiger partial charge in [0, 0.05) is 16.1 Å². The molecule has 3 aromatic rings. The quantitative estimate of drug-likeness (QED) is 0.723. The molecular formula is C15H9Cl2NO2. The van der Waals surface area contributed by atoms with Crippen LogP contribution in [0.2, 0.25) is 10.4 Å². The van der Waals surface area contributed by atoms with Crippen molar-refractivity contribution < 1.29 is 9.52 Å². The Morgan fingerprint density at radius 3 is 2.10 bits per heavy atom. The van der Waals surface area contributed by atoms with Gasteiger partial charge in [0.25, 0.3) is 5.35 Å². The molecule has 0 saturated carbocycles. The lowest BCUT2D eigenvalue weighted by Crippen LogP contribution is -1.82. The minimum absolute atomic E-state index is 0.0676. The molecule has 0 bridgehead atoms. The van der Waals surface area contributed by atoms with Crippen molar-refractivity contribution in [2.24, 2.45) is 0 Å². The summed E-state index contributed by atoms with van der Waals surface area (Å²) in [4.78, 5) is 4.19. The van der Waals surface area contributed by atoms with Gasteiger partial charge in [0.1, 0.15) is 11.4 Å². The monoisotopic (exact) mass is 305 g/mol.